The zero-order valence-electron chi connectivity index (χ0n) is 20.3. The molecule has 1 unspecified atom stereocenters. The van der Waals surface area contributed by atoms with Crippen molar-refractivity contribution in [1.82, 2.24) is 15.1 Å². The van der Waals surface area contributed by atoms with Gasteiger partial charge in [-0.3, -0.25) is 14.5 Å². The molecule has 1 atom stereocenters. The highest BCUT2D eigenvalue weighted by Crippen LogP contribution is 2.44. The number of carbonyl (C=O) groups is 3. The summed E-state index contributed by atoms with van der Waals surface area (Å²) in [6, 6.07) is 15.6. The Bertz CT molecular complexity index is 1030. The van der Waals surface area contributed by atoms with Crippen LogP contribution in [0.5, 0.6) is 0 Å². The van der Waals surface area contributed by atoms with E-state index in [0.29, 0.717) is 32.7 Å². The number of alkyl carbamates (subject to hydrolysis) is 1. The van der Waals surface area contributed by atoms with E-state index in [1.54, 1.807) is 4.90 Å². The summed E-state index contributed by atoms with van der Waals surface area (Å²) in [6.07, 6.45) is -0.509. The van der Waals surface area contributed by atoms with E-state index in [1.807, 2.05) is 43.0 Å². The Morgan fingerprint density at radius 1 is 0.971 bits per heavy atom. The van der Waals surface area contributed by atoms with Gasteiger partial charge in [0.1, 0.15) is 12.6 Å². The third-order valence-electron chi connectivity index (χ3n) is 6.88. The number of carboxylic acids is 1. The van der Waals surface area contributed by atoms with Gasteiger partial charge in [-0.05, 0) is 28.2 Å². The third-order valence-corrected chi connectivity index (χ3v) is 6.88. The van der Waals surface area contributed by atoms with Crippen molar-refractivity contribution < 1.29 is 24.2 Å². The van der Waals surface area contributed by atoms with Gasteiger partial charge >= 0.3 is 12.1 Å². The molecule has 0 radical (unpaired) electrons. The minimum atomic E-state index is -0.823. The maximum Gasteiger partial charge on any atom is 0.407 e. The molecular formula is C27H33N3O5. The minimum Gasteiger partial charge on any atom is -0.481 e. The van der Waals surface area contributed by atoms with Gasteiger partial charge in [-0.2, -0.15) is 0 Å². The van der Waals surface area contributed by atoms with Crippen molar-refractivity contribution in [1.29, 1.82) is 0 Å². The fourth-order valence-electron chi connectivity index (χ4n) is 4.92. The quantitative estimate of drug-likeness (QED) is 0.604. The molecule has 8 heteroatoms. The number of amides is 2. The van der Waals surface area contributed by atoms with Crippen LogP contribution in [-0.4, -0.2) is 78.2 Å². The fraction of sp³-hybridized carbons (Fsp3) is 0.444. The van der Waals surface area contributed by atoms with Crippen LogP contribution in [0.25, 0.3) is 11.1 Å². The lowest BCUT2D eigenvalue weighted by Crippen LogP contribution is -2.56. The molecule has 186 valence electrons. The van der Waals surface area contributed by atoms with E-state index in [4.69, 9.17) is 9.84 Å². The highest BCUT2D eigenvalue weighted by molar-refractivity contribution is 5.86. The first kappa shape index (κ1) is 24.7. The highest BCUT2D eigenvalue weighted by Gasteiger charge is 2.33. The minimum absolute atomic E-state index is 0.0415. The van der Waals surface area contributed by atoms with E-state index in [9.17, 15) is 14.4 Å². The maximum atomic E-state index is 13.2. The maximum absolute atomic E-state index is 13.2. The van der Waals surface area contributed by atoms with Gasteiger partial charge in [0.2, 0.25) is 5.91 Å². The molecule has 2 aromatic rings. The molecule has 1 saturated heterocycles. The number of hydrogen-bond acceptors (Lipinski definition) is 5. The summed E-state index contributed by atoms with van der Waals surface area (Å²) in [7, 11) is 0. The number of nitrogens with zero attached hydrogens (tertiary/aromatic N) is 2. The lowest BCUT2D eigenvalue weighted by molar-refractivity contribution is -0.139. The second-order valence-corrected chi connectivity index (χ2v) is 9.50. The predicted molar refractivity (Wildman–Crippen MR) is 132 cm³/mol. The topological polar surface area (TPSA) is 99.2 Å². The van der Waals surface area contributed by atoms with E-state index in [1.165, 1.54) is 0 Å². The smallest absolute Gasteiger partial charge is 0.407 e. The number of carbonyl (C=O) groups excluding carboxylic acids is 2. The summed E-state index contributed by atoms with van der Waals surface area (Å²) in [5, 5.41) is 11.7. The first-order chi connectivity index (χ1) is 16.8. The molecule has 2 N–H and O–H groups in total. The molecule has 1 heterocycles. The monoisotopic (exact) mass is 479 g/mol. The summed E-state index contributed by atoms with van der Waals surface area (Å²) in [5.74, 6) is -1.10. The average Bonchev–Trinajstić information content (AvgIpc) is 3.18. The summed E-state index contributed by atoms with van der Waals surface area (Å²) in [5.41, 5.74) is 4.60. The Morgan fingerprint density at radius 2 is 1.54 bits per heavy atom. The van der Waals surface area contributed by atoms with Crippen molar-refractivity contribution in [3.05, 3.63) is 59.7 Å². The Balaban J connectivity index is 1.34. The number of aliphatic carboxylic acids is 1. The molecule has 1 fully saturated rings. The zero-order valence-corrected chi connectivity index (χ0v) is 20.3. The van der Waals surface area contributed by atoms with E-state index in [-0.39, 0.29) is 30.8 Å². The van der Waals surface area contributed by atoms with Gasteiger partial charge in [0.15, 0.2) is 0 Å². The summed E-state index contributed by atoms with van der Waals surface area (Å²) >= 11 is 0. The van der Waals surface area contributed by atoms with Crippen LogP contribution in [0.3, 0.4) is 0 Å². The predicted octanol–water partition coefficient (Wildman–Crippen LogP) is 3.17. The average molecular weight is 480 g/mol. The number of ether oxygens (including phenoxy) is 1. The first-order valence-corrected chi connectivity index (χ1v) is 12.2. The molecule has 0 saturated carbocycles. The Morgan fingerprint density at radius 3 is 2.09 bits per heavy atom. The number of fused-ring (bicyclic) bond motifs is 3. The van der Waals surface area contributed by atoms with Crippen LogP contribution in [0.15, 0.2) is 48.5 Å². The van der Waals surface area contributed by atoms with Crippen LogP contribution in [0, 0.1) is 5.92 Å². The number of hydrogen-bond donors (Lipinski definition) is 2. The van der Waals surface area contributed by atoms with Crippen LogP contribution < -0.4 is 5.32 Å². The lowest BCUT2D eigenvalue weighted by atomic mass is 9.98. The molecule has 1 aliphatic heterocycles. The van der Waals surface area contributed by atoms with Crippen molar-refractivity contribution in [2.45, 2.75) is 32.2 Å². The van der Waals surface area contributed by atoms with Gasteiger partial charge in [-0.15, -0.1) is 0 Å². The third kappa shape index (κ3) is 5.65. The van der Waals surface area contributed by atoms with Crippen LogP contribution in [0.2, 0.25) is 0 Å². The SMILES string of the molecule is CC(C)C(NC(=O)OCC1c2ccccc2-c2ccccc21)C(=O)N1CCN(CCC(=O)O)CC1. The molecular weight excluding hydrogens is 446 g/mol. The molecule has 0 spiro atoms. The van der Waals surface area contributed by atoms with E-state index in [0.717, 1.165) is 22.3 Å². The van der Waals surface area contributed by atoms with Gasteiger partial charge in [0.05, 0.1) is 6.42 Å². The largest absolute Gasteiger partial charge is 0.481 e. The Kier molecular flexibility index (Phi) is 7.70. The second kappa shape index (κ2) is 10.9. The Hall–Kier alpha value is -3.39. The van der Waals surface area contributed by atoms with E-state index in [2.05, 4.69) is 29.6 Å². The zero-order chi connectivity index (χ0) is 24.9. The highest BCUT2D eigenvalue weighted by atomic mass is 16.5. The number of piperazine rings is 1. The fourth-order valence-corrected chi connectivity index (χ4v) is 4.92. The summed E-state index contributed by atoms with van der Waals surface area (Å²) in [6.45, 7) is 6.72. The van der Waals surface area contributed by atoms with Crippen molar-refractivity contribution >= 4 is 18.0 Å². The first-order valence-electron chi connectivity index (χ1n) is 12.2. The van der Waals surface area contributed by atoms with Crippen LogP contribution in [-0.2, 0) is 14.3 Å². The van der Waals surface area contributed by atoms with Gasteiger partial charge in [-0.1, -0.05) is 62.4 Å². The number of nitrogens with one attached hydrogen (secondary N) is 1. The molecule has 2 amide bonds. The molecule has 8 nitrogen and oxygen atoms in total. The Labute approximate surface area is 205 Å². The second-order valence-electron chi connectivity index (χ2n) is 9.50. The van der Waals surface area contributed by atoms with Crippen molar-refractivity contribution in [3.8, 4) is 11.1 Å². The van der Waals surface area contributed by atoms with E-state index < -0.39 is 18.1 Å². The van der Waals surface area contributed by atoms with Crippen LogP contribution in [0.1, 0.15) is 37.3 Å². The van der Waals surface area contributed by atoms with Crippen molar-refractivity contribution in [2.75, 3.05) is 39.3 Å². The molecule has 4 rings (SSSR count). The molecule has 2 aliphatic rings. The van der Waals surface area contributed by atoms with Crippen molar-refractivity contribution in [3.63, 3.8) is 0 Å². The van der Waals surface area contributed by atoms with Gasteiger partial charge < -0.3 is 20.1 Å². The molecule has 1 aliphatic carbocycles. The standard InChI is InChI=1S/C27H33N3O5/c1-18(2)25(26(33)30-15-13-29(14-16-30)12-11-24(31)32)28-27(34)35-17-23-21-9-5-3-7-19(21)20-8-4-6-10-22(20)23/h3-10,18,23,25H,11-17H2,1-2H3,(H,28,34)(H,31,32). The lowest BCUT2D eigenvalue weighted by Gasteiger charge is -2.37. The summed E-state index contributed by atoms with van der Waals surface area (Å²) in [4.78, 5) is 40.5. The van der Waals surface area contributed by atoms with Crippen LogP contribution >= 0.6 is 0 Å². The molecule has 0 bridgehead atoms. The van der Waals surface area contributed by atoms with E-state index >= 15 is 0 Å². The van der Waals surface area contributed by atoms with Gasteiger partial charge in [0.25, 0.3) is 0 Å². The van der Waals surface area contributed by atoms with Crippen molar-refractivity contribution in [2.24, 2.45) is 5.92 Å². The van der Waals surface area contributed by atoms with Gasteiger partial charge in [0, 0.05) is 38.6 Å². The molecule has 2 aromatic carbocycles. The number of carboxylic acid groups (broad SMARTS) is 1. The number of benzene rings is 2. The molecule has 35 heavy (non-hydrogen) atoms. The van der Waals surface area contributed by atoms with Crippen LogP contribution in [0.4, 0.5) is 4.79 Å². The van der Waals surface area contributed by atoms with Gasteiger partial charge in [-0.25, -0.2) is 4.79 Å². The number of rotatable bonds is 8. The normalized spacial score (nSPS) is 16.5. The summed E-state index contributed by atoms with van der Waals surface area (Å²) < 4.78 is 5.64. The molecule has 0 aromatic heterocycles.